The van der Waals surface area contributed by atoms with Gasteiger partial charge in [0.25, 0.3) is 0 Å². The maximum Gasteiger partial charge on any atom is 0.0779 e. The Labute approximate surface area is 109 Å². The lowest BCUT2D eigenvalue weighted by molar-refractivity contribution is 0.613. The van der Waals surface area contributed by atoms with Crippen LogP contribution in [0.4, 0.5) is 0 Å². The largest absolute Gasteiger partial charge is 0.305 e. The molecule has 0 radical (unpaired) electrons. The average Bonchev–Trinajstić information content (AvgIpc) is 2.91. The number of rotatable bonds is 5. The lowest BCUT2D eigenvalue weighted by atomic mass is 10.2. The van der Waals surface area contributed by atoms with Crippen LogP contribution >= 0.6 is 34.3 Å². The molecule has 1 nitrogen and oxygen atoms in total. The van der Waals surface area contributed by atoms with Crippen LogP contribution in [0, 0.1) is 0 Å². The first-order chi connectivity index (χ1) is 7.83. The summed E-state index contributed by atoms with van der Waals surface area (Å²) in [6, 6.07) is 6.47. The standard InChI is InChI=1S/C12H14ClNS2/c1-2-6-14-11(10-4-3-7-15-10)12-9(13)5-8-16-12/h3-5,7-8,11,14H,2,6H2,1H3. The molecule has 16 heavy (non-hydrogen) atoms. The van der Waals surface area contributed by atoms with Crippen molar-refractivity contribution in [1.29, 1.82) is 0 Å². The van der Waals surface area contributed by atoms with Crippen LogP contribution in [0.15, 0.2) is 29.0 Å². The molecule has 2 aromatic heterocycles. The molecule has 86 valence electrons. The maximum absolute atomic E-state index is 6.21. The molecular weight excluding hydrogens is 258 g/mol. The third-order valence-corrected chi connectivity index (χ3v) is 4.69. The van der Waals surface area contributed by atoms with E-state index in [0.29, 0.717) is 0 Å². The summed E-state index contributed by atoms with van der Waals surface area (Å²) in [5.41, 5.74) is 0. The van der Waals surface area contributed by atoms with Gasteiger partial charge in [-0.15, -0.1) is 22.7 Å². The van der Waals surface area contributed by atoms with E-state index in [1.165, 1.54) is 9.75 Å². The second kappa shape index (κ2) is 5.82. The molecule has 0 aliphatic rings. The van der Waals surface area contributed by atoms with Gasteiger partial charge in [-0.1, -0.05) is 24.6 Å². The molecule has 0 spiro atoms. The number of halogens is 1. The molecule has 0 amide bonds. The highest BCUT2D eigenvalue weighted by atomic mass is 35.5. The Morgan fingerprint density at radius 3 is 2.75 bits per heavy atom. The Bertz CT molecular complexity index is 422. The van der Waals surface area contributed by atoms with E-state index in [-0.39, 0.29) is 6.04 Å². The maximum atomic E-state index is 6.21. The van der Waals surface area contributed by atoms with Crippen molar-refractivity contribution in [2.24, 2.45) is 0 Å². The molecular formula is C12H14ClNS2. The zero-order valence-corrected chi connectivity index (χ0v) is 11.5. The summed E-state index contributed by atoms with van der Waals surface area (Å²) in [6.45, 7) is 3.19. The monoisotopic (exact) mass is 271 g/mol. The van der Waals surface area contributed by atoms with E-state index in [0.717, 1.165) is 18.0 Å². The fourth-order valence-corrected chi connectivity index (χ4v) is 3.72. The molecule has 0 aliphatic carbocycles. The van der Waals surface area contributed by atoms with Crippen molar-refractivity contribution in [2.45, 2.75) is 19.4 Å². The molecule has 1 atom stereocenters. The van der Waals surface area contributed by atoms with Gasteiger partial charge in [-0.25, -0.2) is 0 Å². The zero-order valence-electron chi connectivity index (χ0n) is 9.07. The van der Waals surface area contributed by atoms with Crippen LogP contribution in [0.5, 0.6) is 0 Å². The summed E-state index contributed by atoms with van der Waals surface area (Å²) >= 11 is 9.70. The number of nitrogens with one attached hydrogen (secondary N) is 1. The van der Waals surface area contributed by atoms with Gasteiger partial charge < -0.3 is 5.32 Å². The smallest absolute Gasteiger partial charge is 0.0779 e. The number of thiophene rings is 2. The molecule has 1 unspecified atom stereocenters. The molecule has 0 aromatic carbocycles. The predicted octanol–water partition coefficient (Wildman–Crippen LogP) is 4.55. The minimum absolute atomic E-state index is 0.257. The second-order valence-electron chi connectivity index (χ2n) is 3.54. The Balaban J connectivity index is 2.25. The first kappa shape index (κ1) is 12.1. The second-order valence-corrected chi connectivity index (χ2v) is 5.87. The van der Waals surface area contributed by atoms with Crippen molar-refractivity contribution in [3.8, 4) is 0 Å². The third-order valence-electron chi connectivity index (χ3n) is 2.33. The zero-order chi connectivity index (χ0) is 11.4. The molecule has 0 saturated heterocycles. The number of hydrogen-bond donors (Lipinski definition) is 1. The molecule has 0 fully saturated rings. The summed E-state index contributed by atoms with van der Waals surface area (Å²) in [4.78, 5) is 2.55. The molecule has 2 heterocycles. The number of hydrogen-bond acceptors (Lipinski definition) is 3. The van der Waals surface area contributed by atoms with Gasteiger partial charge in [0.1, 0.15) is 0 Å². The van der Waals surface area contributed by atoms with Crippen molar-refractivity contribution in [2.75, 3.05) is 6.54 Å². The fraction of sp³-hybridized carbons (Fsp3) is 0.333. The van der Waals surface area contributed by atoms with Gasteiger partial charge in [0.05, 0.1) is 11.1 Å². The third kappa shape index (κ3) is 2.66. The van der Waals surface area contributed by atoms with Gasteiger partial charge in [0.2, 0.25) is 0 Å². The first-order valence-electron chi connectivity index (χ1n) is 5.32. The Morgan fingerprint density at radius 1 is 1.31 bits per heavy atom. The van der Waals surface area contributed by atoms with E-state index in [9.17, 15) is 0 Å². The topological polar surface area (TPSA) is 12.0 Å². The van der Waals surface area contributed by atoms with Crippen LogP contribution in [0.25, 0.3) is 0 Å². The van der Waals surface area contributed by atoms with Crippen LogP contribution in [0.1, 0.15) is 29.1 Å². The normalized spacial score (nSPS) is 12.9. The minimum Gasteiger partial charge on any atom is -0.305 e. The van der Waals surface area contributed by atoms with Crippen LogP contribution in [0.2, 0.25) is 5.02 Å². The summed E-state index contributed by atoms with van der Waals surface area (Å²) < 4.78 is 0. The van der Waals surface area contributed by atoms with Crippen LogP contribution in [-0.4, -0.2) is 6.54 Å². The summed E-state index contributed by atoms with van der Waals surface area (Å²) in [5.74, 6) is 0. The molecule has 4 heteroatoms. The quantitative estimate of drug-likeness (QED) is 0.841. The Hall–Kier alpha value is -0.350. The van der Waals surface area contributed by atoms with E-state index < -0.39 is 0 Å². The highest BCUT2D eigenvalue weighted by Gasteiger charge is 2.18. The summed E-state index contributed by atoms with van der Waals surface area (Å²) in [6.07, 6.45) is 1.13. The van der Waals surface area contributed by atoms with E-state index in [2.05, 4.69) is 29.8 Å². The SMILES string of the molecule is CCCNC(c1cccs1)c1sccc1Cl. The van der Waals surface area contributed by atoms with Gasteiger partial charge in [0.15, 0.2) is 0 Å². The summed E-state index contributed by atoms with van der Waals surface area (Å²) in [5, 5.41) is 8.58. The molecule has 0 bridgehead atoms. The van der Waals surface area contributed by atoms with Gasteiger partial charge in [-0.05, 0) is 35.9 Å². The van der Waals surface area contributed by atoms with E-state index in [4.69, 9.17) is 11.6 Å². The van der Waals surface area contributed by atoms with E-state index >= 15 is 0 Å². The highest BCUT2D eigenvalue weighted by Crippen LogP contribution is 2.34. The highest BCUT2D eigenvalue weighted by molar-refractivity contribution is 7.12. The first-order valence-corrected chi connectivity index (χ1v) is 7.46. The molecule has 1 N–H and O–H groups in total. The Kier molecular flexibility index (Phi) is 4.41. The van der Waals surface area contributed by atoms with Crippen LogP contribution in [0.3, 0.4) is 0 Å². The van der Waals surface area contributed by atoms with E-state index in [1.54, 1.807) is 22.7 Å². The fourth-order valence-electron chi connectivity index (χ4n) is 1.58. The molecule has 2 rings (SSSR count). The molecule has 2 aromatic rings. The minimum atomic E-state index is 0.257. The van der Waals surface area contributed by atoms with E-state index in [1.807, 2.05) is 11.4 Å². The van der Waals surface area contributed by atoms with Crippen LogP contribution < -0.4 is 5.32 Å². The van der Waals surface area contributed by atoms with Crippen molar-refractivity contribution in [1.82, 2.24) is 5.32 Å². The Morgan fingerprint density at radius 2 is 2.19 bits per heavy atom. The predicted molar refractivity (Wildman–Crippen MR) is 73.8 cm³/mol. The van der Waals surface area contributed by atoms with Crippen molar-refractivity contribution >= 4 is 34.3 Å². The van der Waals surface area contributed by atoms with Crippen molar-refractivity contribution in [3.05, 3.63) is 43.7 Å². The van der Waals surface area contributed by atoms with Crippen LogP contribution in [-0.2, 0) is 0 Å². The summed E-state index contributed by atoms with van der Waals surface area (Å²) in [7, 11) is 0. The van der Waals surface area contributed by atoms with Gasteiger partial charge in [-0.2, -0.15) is 0 Å². The van der Waals surface area contributed by atoms with Gasteiger partial charge >= 0.3 is 0 Å². The average molecular weight is 272 g/mol. The van der Waals surface area contributed by atoms with Crippen molar-refractivity contribution < 1.29 is 0 Å². The molecule has 0 saturated carbocycles. The molecule has 0 aliphatic heterocycles. The van der Waals surface area contributed by atoms with Gasteiger partial charge in [0, 0.05) is 9.75 Å². The lowest BCUT2D eigenvalue weighted by Gasteiger charge is -2.16. The van der Waals surface area contributed by atoms with Gasteiger partial charge in [-0.3, -0.25) is 0 Å². The van der Waals surface area contributed by atoms with Crippen molar-refractivity contribution in [3.63, 3.8) is 0 Å². The lowest BCUT2D eigenvalue weighted by Crippen LogP contribution is -2.21.